The lowest BCUT2D eigenvalue weighted by atomic mass is 10.1. The standard InChI is InChI=1S/C16H23N5O4/c1-9(15(24)21-12(14(19)23)8-13(18)22)20-16(25)11(17)7-10-5-3-2-4-6-10/h2-6,9,11-12H,7-8,17H2,1H3,(H2,18,22)(H2,19,23)(H,20,25)(H,21,24)/t9-,11-,12-/m0/s1. The summed E-state index contributed by atoms with van der Waals surface area (Å²) in [4.78, 5) is 46.2. The zero-order valence-electron chi connectivity index (χ0n) is 13.9. The van der Waals surface area contributed by atoms with Gasteiger partial charge in [0.2, 0.25) is 23.6 Å². The minimum atomic E-state index is -1.23. The molecule has 25 heavy (non-hydrogen) atoms. The van der Waals surface area contributed by atoms with Gasteiger partial charge in [-0.25, -0.2) is 0 Å². The average Bonchev–Trinajstić information content (AvgIpc) is 2.54. The van der Waals surface area contributed by atoms with Gasteiger partial charge in [-0.15, -0.1) is 0 Å². The SMILES string of the molecule is C[C@H](NC(=O)[C@@H](N)Cc1ccccc1)C(=O)N[C@@H](CC(N)=O)C(N)=O. The number of primary amides is 2. The summed E-state index contributed by atoms with van der Waals surface area (Å²) in [6.45, 7) is 1.42. The van der Waals surface area contributed by atoms with Gasteiger partial charge in [-0.2, -0.15) is 0 Å². The molecule has 0 heterocycles. The average molecular weight is 349 g/mol. The fraction of sp³-hybridized carbons (Fsp3) is 0.375. The van der Waals surface area contributed by atoms with Crippen LogP contribution in [0, 0.1) is 0 Å². The number of hydrogen-bond acceptors (Lipinski definition) is 5. The quantitative estimate of drug-likeness (QED) is 0.343. The van der Waals surface area contributed by atoms with Gasteiger partial charge in [0.1, 0.15) is 12.1 Å². The van der Waals surface area contributed by atoms with E-state index >= 15 is 0 Å². The molecule has 0 radical (unpaired) electrons. The van der Waals surface area contributed by atoms with Gasteiger partial charge < -0.3 is 27.8 Å². The number of carbonyl (C=O) groups is 4. The zero-order valence-corrected chi connectivity index (χ0v) is 13.9. The van der Waals surface area contributed by atoms with Gasteiger partial charge in [0.25, 0.3) is 0 Å². The van der Waals surface area contributed by atoms with E-state index in [4.69, 9.17) is 17.2 Å². The predicted octanol–water partition coefficient (Wildman–Crippen LogP) is -2.09. The lowest BCUT2D eigenvalue weighted by Crippen LogP contribution is -2.55. The molecule has 9 nitrogen and oxygen atoms in total. The van der Waals surface area contributed by atoms with E-state index in [1.807, 2.05) is 30.3 Å². The molecule has 1 rings (SSSR count). The van der Waals surface area contributed by atoms with Crippen molar-refractivity contribution in [1.82, 2.24) is 10.6 Å². The summed E-state index contributed by atoms with van der Waals surface area (Å²) in [5, 5.41) is 4.72. The van der Waals surface area contributed by atoms with Crippen molar-refractivity contribution < 1.29 is 19.2 Å². The molecule has 136 valence electrons. The van der Waals surface area contributed by atoms with Crippen LogP contribution in [-0.4, -0.2) is 41.8 Å². The van der Waals surface area contributed by atoms with Crippen LogP contribution < -0.4 is 27.8 Å². The largest absolute Gasteiger partial charge is 0.370 e. The van der Waals surface area contributed by atoms with Crippen LogP contribution in [0.4, 0.5) is 0 Å². The lowest BCUT2D eigenvalue weighted by Gasteiger charge is -2.20. The molecule has 0 aliphatic heterocycles. The van der Waals surface area contributed by atoms with Crippen LogP contribution in [0.15, 0.2) is 30.3 Å². The van der Waals surface area contributed by atoms with E-state index in [9.17, 15) is 19.2 Å². The molecule has 9 heteroatoms. The molecule has 3 atom stereocenters. The Balaban J connectivity index is 2.56. The van der Waals surface area contributed by atoms with Gasteiger partial charge in [-0.3, -0.25) is 19.2 Å². The molecule has 0 saturated carbocycles. The molecule has 0 saturated heterocycles. The summed E-state index contributed by atoms with van der Waals surface area (Å²) >= 11 is 0. The number of benzene rings is 1. The van der Waals surface area contributed by atoms with Crippen LogP contribution in [0.3, 0.4) is 0 Å². The Morgan fingerprint density at radius 2 is 1.60 bits per heavy atom. The first kappa shape index (κ1) is 20.1. The van der Waals surface area contributed by atoms with E-state index in [2.05, 4.69) is 10.6 Å². The highest BCUT2D eigenvalue weighted by molar-refractivity contribution is 5.94. The number of amides is 4. The monoisotopic (exact) mass is 349 g/mol. The molecular weight excluding hydrogens is 326 g/mol. The fourth-order valence-electron chi connectivity index (χ4n) is 2.07. The summed E-state index contributed by atoms with van der Waals surface area (Å²) < 4.78 is 0. The number of nitrogens with one attached hydrogen (secondary N) is 2. The first-order chi connectivity index (χ1) is 11.7. The number of carbonyl (C=O) groups excluding carboxylic acids is 4. The van der Waals surface area contributed by atoms with Crippen molar-refractivity contribution in [3.05, 3.63) is 35.9 Å². The third kappa shape index (κ3) is 7.00. The molecule has 0 aliphatic carbocycles. The third-order valence-electron chi connectivity index (χ3n) is 3.45. The van der Waals surface area contributed by atoms with E-state index < -0.39 is 48.2 Å². The second kappa shape index (κ2) is 9.38. The van der Waals surface area contributed by atoms with Crippen LogP contribution in [-0.2, 0) is 25.6 Å². The Bertz CT molecular complexity index is 635. The summed E-state index contributed by atoms with van der Waals surface area (Å²) in [6, 6.07) is 6.15. The van der Waals surface area contributed by atoms with Crippen molar-refractivity contribution >= 4 is 23.6 Å². The van der Waals surface area contributed by atoms with Crippen molar-refractivity contribution in [3.8, 4) is 0 Å². The number of rotatable bonds is 9. The van der Waals surface area contributed by atoms with Gasteiger partial charge >= 0.3 is 0 Å². The summed E-state index contributed by atoms with van der Waals surface area (Å²) in [6.07, 6.45) is -0.109. The van der Waals surface area contributed by atoms with Crippen LogP contribution in [0.5, 0.6) is 0 Å². The van der Waals surface area contributed by atoms with Crippen LogP contribution in [0.2, 0.25) is 0 Å². The number of nitrogens with two attached hydrogens (primary N) is 3. The van der Waals surface area contributed by atoms with E-state index in [0.29, 0.717) is 6.42 Å². The molecule has 4 amide bonds. The smallest absolute Gasteiger partial charge is 0.242 e. The van der Waals surface area contributed by atoms with E-state index in [0.717, 1.165) is 5.56 Å². The molecule has 1 aromatic rings. The van der Waals surface area contributed by atoms with Crippen LogP contribution in [0.1, 0.15) is 18.9 Å². The highest BCUT2D eigenvalue weighted by Crippen LogP contribution is 2.02. The molecular formula is C16H23N5O4. The number of hydrogen-bond donors (Lipinski definition) is 5. The maximum absolute atomic E-state index is 12.1. The summed E-state index contributed by atoms with van der Waals surface area (Å²) in [7, 11) is 0. The Labute approximate surface area is 145 Å². The van der Waals surface area contributed by atoms with Gasteiger partial charge in [0, 0.05) is 0 Å². The predicted molar refractivity (Wildman–Crippen MR) is 90.7 cm³/mol. The van der Waals surface area contributed by atoms with Crippen molar-refractivity contribution in [2.75, 3.05) is 0 Å². The first-order valence-electron chi connectivity index (χ1n) is 7.68. The molecule has 0 aromatic heterocycles. The second-order valence-corrected chi connectivity index (χ2v) is 5.66. The van der Waals surface area contributed by atoms with Crippen molar-refractivity contribution in [2.24, 2.45) is 17.2 Å². The normalized spacial score (nSPS) is 14.0. The lowest BCUT2D eigenvalue weighted by molar-refractivity contribution is -0.132. The molecule has 1 aromatic carbocycles. The van der Waals surface area contributed by atoms with Gasteiger partial charge in [0.05, 0.1) is 12.5 Å². The fourth-order valence-corrected chi connectivity index (χ4v) is 2.07. The molecule has 0 fully saturated rings. The van der Waals surface area contributed by atoms with Gasteiger partial charge in [0.15, 0.2) is 0 Å². The Hall–Kier alpha value is -2.94. The molecule has 0 aliphatic rings. The molecule has 0 spiro atoms. The first-order valence-corrected chi connectivity index (χ1v) is 7.68. The summed E-state index contributed by atoms with van der Waals surface area (Å²) in [5.41, 5.74) is 16.8. The second-order valence-electron chi connectivity index (χ2n) is 5.66. The van der Waals surface area contributed by atoms with E-state index in [-0.39, 0.29) is 0 Å². The van der Waals surface area contributed by atoms with Crippen molar-refractivity contribution in [1.29, 1.82) is 0 Å². The maximum Gasteiger partial charge on any atom is 0.242 e. The van der Waals surface area contributed by atoms with E-state index in [1.165, 1.54) is 6.92 Å². The minimum absolute atomic E-state index is 0.312. The minimum Gasteiger partial charge on any atom is -0.370 e. The maximum atomic E-state index is 12.1. The van der Waals surface area contributed by atoms with E-state index in [1.54, 1.807) is 0 Å². The molecule has 8 N–H and O–H groups in total. The van der Waals surface area contributed by atoms with Gasteiger partial charge in [-0.05, 0) is 18.9 Å². The summed E-state index contributed by atoms with van der Waals surface area (Å²) in [5.74, 6) is -2.88. The van der Waals surface area contributed by atoms with Crippen LogP contribution in [0.25, 0.3) is 0 Å². The highest BCUT2D eigenvalue weighted by atomic mass is 16.2. The highest BCUT2D eigenvalue weighted by Gasteiger charge is 2.25. The third-order valence-corrected chi connectivity index (χ3v) is 3.45. The van der Waals surface area contributed by atoms with Crippen molar-refractivity contribution in [3.63, 3.8) is 0 Å². The van der Waals surface area contributed by atoms with Gasteiger partial charge in [-0.1, -0.05) is 30.3 Å². The topological polar surface area (TPSA) is 170 Å². The van der Waals surface area contributed by atoms with Crippen molar-refractivity contribution in [2.45, 2.75) is 37.9 Å². The Kier molecular flexibility index (Phi) is 7.54. The molecule has 0 unspecified atom stereocenters. The zero-order chi connectivity index (χ0) is 19.0. The Morgan fingerprint density at radius 3 is 2.12 bits per heavy atom. The molecule has 0 bridgehead atoms. The van der Waals surface area contributed by atoms with Crippen LogP contribution >= 0.6 is 0 Å². The Morgan fingerprint density at radius 1 is 1.00 bits per heavy atom.